The van der Waals surface area contributed by atoms with Crippen LogP contribution in [0.2, 0.25) is 0 Å². The van der Waals surface area contributed by atoms with E-state index in [1.54, 1.807) is 41.0 Å². The molecule has 0 amide bonds. The lowest BCUT2D eigenvalue weighted by Gasteiger charge is -1.98. The van der Waals surface area contributed by atoms with E-state index in [0.29, 0.717) is 34.7 Å². The van der Waals surface area contributed by atoms with Crippen LogP contribution in [0.4, 0.5) is 5.69 Å². The van der Waals surface area contributed by atoms with Crippen LogP contribution in [0.25, 0.3) is 17.4 Å². The number of benzene rings is 1. The Morgan fingerprint density at radius 2 is 2.12 bits per heavy atom. The number of furan rings is 1. The van der Waals surface area contributed by atoms with Gasteiger partial charge in [0.05, 0.1) is 21.6 Å². The van der Waals surface area contributed by atoms with Gasteiger partial charge in [0.15, 0.2) is 4.80 Å². The summed E-state index contributed by atoms with van der Waals surface area (Å²) in [4.78, 5) is 27.9. The highest BCUT2D eigenvalue weighted by molar-refractivity contribution is 7.07. The topological polar surface area (TPSA) is 90.6 Å². The Bertz CT molecular complexity index is 1120. The molecule has 0 unspecified atom stereocenters. The molecular formula is C16H11N3O4S. The van der Waals surface area contributed by atoms with Crippen LogP contribution in [0.15, 0.2) is 50.6 Å². The molecule has 3 heterocycles. The van der Waals surface area contributed by atoms with Crippen molar-refractivity contribution in [3.05, 3.63) is 72.0 Å². The van der Waals surface area contributed by atoms with Crippen molar-refractivity contribution in [1.82, 2.24) is 4.57 Å². The normalized spacial score (nSPS) is 13.8. The highest BCUT2D eigenvalue weighted by atomic mass is 32.1. The van der Waals surface area contributed by atoms with Crippen LogP contribution in [-0.2, 0) is 6.54 Å². The lowest BCUT2D eigenvalue weighted by Crippen LogP contribution is -2.29. The molecule has 0 radical (unpaired) electrons. The zero-order valence-electron chi connectivity index (χ0n) is 12.3. The maximum atomic E-state index is 12.2. The smallest absolute Gasteiger partial charge is 0.280 e. The second-order valence-electron chi connectivity index (χ2n) is 5.21. The van der Waals surface area contributed by atoms with Gasteiger partial charge in [-0.2, -0.15) is 0 Å². The molecule has 0 fully saturated rings. The molecule has 0 N–H and O–H groups in total. The Hall–Kier alpha value is -3.00. The van der Waals surface area contributed by atoms with E-state index in [0.717, 1.165) is 4.80 Å². The Labute approximate surface area is 139 Å². The predicted octanol–water partition coefficient (Wildman–Crippen LogP) is 1.54. The second-order valence-corrected chi connectivity index (χ2v) is 6.22. The summed E-state index contributed by atoms with van der Waals surface area (Å²) in [5.41, 5.74) is 0.301. The second kappa shape index (κ2) is 5.57. The number of aromatic nitrogens is 1. The van der Waals surface area contributed by atoms with Crippen molar-refractivity contribution in [1.29, 1.82) is 0 Å². The van der Waals surface area contributed by atoms with Crippen LogP contribution in [-0.4, -0.2) is 16.0 Å². The van der Waals surface area contributed by atoms with E-state index in [1.165, 1.54) is 17.4 Å². The van der Waals surface area contributed by atoms with E-state index < -0.39 is 4.92 Å². The van der Waals surface area contributed by atoms with Crippen molar-refractivity contribution in [2.75, 3.05) is 6.54 Å². The molecule has 120 valence electrons. The van der Waals surface area contributed by atoms with Gasteiger partial charge < -0.3 is 4.42 Å². The van der Waals surface area contributed by atoms with Crippen LogP contribution in [0.3, 0.4) is 0 Å². The van der Waals surface area contributed by atoms with E-state index in [9.17, 15) is 14.9 Å². The number of thiazole rings is 1. The minimum atomic E-state index is -0.445. The van der Waals surface area contributed by atoms with Crippen molar-refractivity contribution in [3.63, 3.8) is 0 Å². The SMILES string of the molecule is O=c1c(=Cc2ccc(-c3ccccc3[N+](=O)[O-])o2)sc2n1CCN=2. The lowest BCUT2D eigenvalue weighted by atomic mass is 10.1. The number of hydrogen-bond acceptors (Lipinski definition) is 6. The molecule has 24 heavy (non-hydrogen) atoms. The molecule has 2 aromatic heterocycles. The number of fused-ring (bicyclic) bond motifs is 1. The number of nitrogens with zero attached hydrogens (tertiary/aromatic N) is 3. The zero-order chi connectivity index (χ0) is 16.7. The van der Waals surface area contributed by atoms with Gasteiger partial charge in [0.1, 0.15) is 11.5 Å². The molecule has 0 bridgehead atoms. The van der Waals surface area contributed by atoms with Crippen LogP contribution in [0.1, 0.15) is 5.76 Å². The molecule has 3 aromatic rings. The molecule has 4 rings (SSSR count). The number of nitro groups is 1. The maximum absolute atomic E-state index is 12.2. The molecule has 8 heteroatoms. The molecular weight excluding hydrogens is 330 g/mol. The molecule has 0 saturated heterocycles. The number of nitro benzene ring substituents is 1. The van der Waals surface area contributed by atoms with Crippen LogP contribution in [0.5, 0.6) is 0 Å². The largest absolute Gasteiger partial charge is 0.456 e. The summed E-state index contributed by atoms with van der Waals surface area (Å²) in [6.45, 7) is 1.25. The molecule has 0 aliphatic carbocycles. The van der Waals surface area contributed by atoms with Crippen molar-refractivity contribution in [3.8, 4) is 11.3 Å². The Morgan fingerprint density at radius 1 is 1.29 bits per heavy atom. The first-order valence-electron chi connectivity index (χ1n) is 7.23. The zero-order valence-corrected chi connectivity index (χ0v) is 13.2. The van der Waals surface area contributed by atoms with Crippen molar-refractivity contribution in [2.45, 2.75) is 6.54 Å². The van der Waals surface area contributed by atoms with Gasteiger partial charge in [-0.15, -0.1) is 0 Å². The van der Waals surface area contributed by atoms with Gasteiger partial charge >= 0.3 is 0 Å². The van der Waals surface area contributed by atoms with Gasteiger partial charge in [-0.3, -0.25) is 24.5 Å². The van der Waals surface area contributed by atoms with Crippen molar-refractivity contribution in [2.24, 2.45) is 4.99 Å². The first-order valence-corrected chi connectivity index (χ1v) is 8.04. The highest BCUT2D eigenvalue weighted by Gasteiger charge is 2.17. The number of para-hydroxylation sites is 1. The number of rotatable bonds is 3. The fraction of sp³-hybridized carbons (Fsp3) is 0.125. The summed E-state index contributed by atoms with van der Waals surface area (Å²) in [5.74, 6) is 0.864. The first-order chi connectivity index (χ1) is 11.6. The van der Waals surface area contributed by atoms with Crippen molar-refractivity contribution < 1.29 is 9.34 Å². The van der Waals surface area contributed by atoms with Gasteiger partial charge in [0.2, 0.25) is 0 Å². The molecule has 1 aliphatic rings. The van der Waals surface area contributed by atoms with Gasteiger partial charge in [-0.1, -0.05) is 23.5 Å². The van der Waals surface area contributed by atoms with E-state index in [-0.39, 0.29) is 11.2 Å². The maximum Gasteiger partial charge on any atom is 0.280 e. The van der Waals surface area contributed by atoms with Gasteiger partial charge in [-0.25, -0.2) is 0 Å². The van der Waals surface area contributed by atoms with Gasteiger partial charge in [0, 0.05) is 18.7 Å². The predicted molar refractivity (Wildman–Crippen MR) is 88.6 cm³/mol. The molecule has 7 nitrogen and oxygen atoms in total. The minimum Gasteiger partial charge on any atom is -0.456 e. The van der Waals surface area contributed by atoms with Crippen LogP contribution >= 0.6 is 11.3 Å². The monoisotopic (exact) mass is 341 g/mol. The summed E-state index contributed by atoms with van der Waals surface area (Å²) >= 11 is 1.32. The van der Waals surface area contributed by atoms with Crippen LogP contribution < -0.4 is 14.9 Å². The quantitative estimate of drug-likeness (QED) is 0.534. The number of hydrogen-bond donors (Lipinski definition) is 0. The third kappa shape index (κ3) is 2.37. The Kier molecular flexibility index (Phi) is 3.39. The molecule has 1 aromatic carbocycles. The Balaban J connectivity index is 1.79. The third-order valence-corrected chi connectivity index (χ3v) is 4.77. The summed E-state index contributed by atoms with van der Waals surface area (Å²) in [6, 6.07) is 9.74. The standard InChI is InChI=1S/C16H11N3O4S/c20-15-14(24-16-17-7-8-18(15)16)9-10-5-6-13(23-10)11-3-1-2-4-12(11)19(21)22/h1-6,9H,7-8H2. The Morgan fingerprint density at radius 3 is 2.92 bits per heavy atom. The lowest BCUT2D eigenvalue weighted by molar-refractivity contribution is -0.384. The fourth-order valence-electron chi connectivity index (χ4n) is 2.61. The average molecular weight is 341 g/mol. The molecule has 0 saturated carbocycles. The summed E-state index contributed by atoms with van der Waals surface area (Å²) in [7, 11) is 0. The van der Waals surface area contributed by atoms with Gasteiger partial charge in [-0.05, 0) is 18.2 Å². The summed E-state index contributed by atoms with van der Waals surface area (Å²) in [6.07, 6.45) is 1.64. The van der Waals surface area contributed by atoms with Crippen LogP contribution in [0, 0.1) is 10.1 Å². The third-order valence-electron chi connectivity index (χ3n) is 3.73. The highest BCUT2D eigenvalue weighted by Crippen LogP contribution is 2.30. The summed E-state index contributed by atoms with van der Waals surface area (Å²) in [5, 5.41) is 11.1. The first kappa shape index (κ1) is 14.6. The van der Waals surface area contributed by atoms with Gasteiger partial charge in [0.25, 0.3) is 11.2 Å². The van der Waals surface area contributed by atoms with E-state index in [2.05, 4.69) is 4.99 Å². The molecule has 0 atom stereocenters. The van der Waals surface area contributed by atoms with E-state index >= 15 is 0 Å². The van der Waals surface area contributed by atoms with E-state index in [4.69, 9.17) is 4.42 Å². The summed E-state index contributed by atoms with van der Waals surface area (Å²) < 4.78 is 7.87. The molecule has 1 aliphatic heterocycles. The fourth-order valence-corrected chi connectivity index (χ4v) is 3.62. The average Bonchev–Trinajstić information content (AvgIpc) is 3.28. The van der Waals surface area contributed by atoms with Crippen molar-refractivity contribution >= 4 is 23.1 Å². The minimum absolute atomic E-state index is 0.0210. The molecule has 0 spiro atoms. The van der Waals surface area contributed by atoms with E-state index in [1.807, 2.05) is 0 Å².